The van der Waals surface area contributed by atoms with Gasteiger partial charge in [0.1, 0.15) is 24.1 Å². The molecular weight excluding hydrogens is 465 g/mol. The third kappa shape index (κ3) is 5.48. The molecule has 0 aliphatic rings. The Labute approximate surface area is 206 Å². The summed E-state index contributed by atoms with van der Waals surface area (Å²) in [7, 11) is 1.48. The average Bonchev–Trinajstić information content (AvgIpc) is 3.23. The number of anilines is 1. The van der Waals surface area contributed by atoms with Crippen LogP contribution in [0.2, 0.25) is 0 Å². The van der Waals surface area contributed by atoms with Gasteiger partial charge in [-0.15, -0.1) is 0 Å². The number of hydrogen-bond acceptors (Lipinski definition) is 6. The summed E-state index contributed by atoms with van der Waals surface area (Å²) < 4.78 is 25.9. The minimum absolute atomic E-state index is 0.0330. The first-order valence-electron chi connectivity index (χ1n) is 10.7. The van der Waals surface area contributed by atoms with Crippen molar-refractivity contribution in [2.24, 2.45) is 0 Å². The molecule has 0 saturated carbocycles. The monoisotopic (exact) mass is 487 g/mol. The number of carbonyl (C=O) groups excluding carboxylic acids is 1. The van der Waals surface area contributed by atoms with E-state index in [1.165, 1.54) is 30.6 Å². The second-order valence-electron chi connectivity index (χ2n) is 7.84. The van der Waals surface area contributed by atoms with E-state index in [1.54, 1.807) is 36.4 Å². The summed E-state index contributed by atoms with van der Waals surface area (Å²) in [5, 5.41) is 12.7. The van der Waals surface area contributed by atoms with Crippen LogP contribution in [0.3, 0.4) is 0 Å². The zero-order valence-electron chi connectivity index (χ0n) is 19.4. The van der Waals surface area contributed by atoms with E-state index in [9.17, 15) is 14.4 Å². The fraction of sp³-hybridized carbons (Fsp3) is 0.148. The molecule has 0 aliphatic heterocycles. The fourth-order valence-electron chi connectivity index (χ4n) is 3.38. The number of nitriles is 1. The number of amides is 1. The van der Waals surface area contributed by atoms with E-state index >= 15 is 0 Å². The van der Waals surface area contributed by atoms with Gasteiger partial charge in [0.25, 0.3) is 5.91 Å². The minimum atomic E-state index is -0.557. The zero-order chi connectivity index (χ0) is 24.9. The molecular formula is C27H22FN3O3S. The summed E-state index contributed by atoms with van der Waals surface area (Å²) in [6.45, 7) is 4.06. The third-order valence-electron chi connectivity index (χ3n) is 5.43. The largest absolute Gasteiger partial charge is 0.493 e. The molecule has 1 amide bonds. The van der Waals surface area contributed by atoms with Crippen LogP contribution in [-0.4, -0.2) is 18.0 Å². The molecule has 1 heterocycles. The Balaban J connectivity index is 1.51. The van der Waals surface area contributed by atoms with E-state index in [1.807, 2.05) is 32.0 Å². The number of thiazole rings is 1. The molecule has 8 heteroatoms. The van der Waals surface area contributed by atoms with E-state index in [-0.39, 0.29) is 18.0 Å². The summed E-state index contributed by atoms with van der Waals surface area (Å²) in [5.41, 5.74) is 3.97. The topological polar surface area (TPSA) is 84.2 Å². The lowest BCUT2D eigenvalue weighted by Gasteiger charge is -2.12. The number of nitrogens with zero attached hydrogens (tertiary/aromatic N) is 2. The highest BCUT2D eigenvalue weighted by atomic mass is 32.1. The minimum Gasteiger partial charge on any atom is -0.493 e. The molecule has 0 atom stereocenters. The van der Waals surface area contributed by atoms with Crippen molar-refractivity contribution in [1.29, 1.82) is 5.26 Å². The van der Waals surface area contributed by atoms with Crippen molar-refractivity contribution in [3.05, 3.63) is 88.2 Å². The number of hydrogen-bond donors (Lipinski definition) is 1. The molecule has 35 heavy (non-hydrogen) atoms. The van der Waals surface area contributed by atoms with Gasteiger partial charge < -0.3 is 9.47 Å². The molecule has 0 spiro atoms. The van der Waals surface area contributed by atoms with Crippen LogP contribution >= 0.6 is 11.3 Å². The van der Waals surface area contributed by atoms with Gasteiger partial charge in [0.2, 0.25) is 0 Å². The van der Waals surface area contributed by atoms with Gasteiger partial charge in [-0.05, 0) is 66.9 Å². The molecule has 0 saturated heterocycles. The van der Waals surface area contributed by atoms with Crippen LogP contribution in [0.1, 0.15) is 22.3 Å². The predicted octanol–water partition coefficient (Wildman–Crippen LogP) is 6.19. The van der Waals surface area contributed by atoms with Crippen LogP contribution < -0.4 is 14.8 Å². The molecule has 176 valence electrons. The van der Waals surface area contributed by atoms with Crippen molar-refractivity contribution in [2.75, 3.05) is 12.4 Å². The van der Waals surface area contributed by atoms with E-state index < -0.39 is 5.91 Å². The first-order valence-corrected chi connectivity index (χ1v) is 11.5. The molecule has 0 fully saturated rings. The summed E-state index contributed by atoms with van der Waals surface area (Å²) >= 11 is 1.35. The number of halogens is 1. The Hall–Kier alpha value is -4.22. The van der Waals surface area contributed by atoms with Crippen molar-refractivity contribution < 1.29 is 18.7 Å². The molecule has 3 aromatic carbocycles. The number of aryl methyl sites for hydroxylation is 2. The van der Waals surface area contributed by atoms with Crippen molar-refractivity contribution in [2.45, 2.75) is 20.5 Å². The molecule has 1 N–H and O–H groups in total. The highest BCUT2D eigenvalue weighted by Crippen LogP contribution is 2.31. The number of fused-ring (bicyclic) bond motifs is 1. The number of methoxy groups -OCH3 is 1. The van der Waals surface area contributed by atoms with Crippen molar-refractivity contribution >= 4 is 38.7 Å². The number of carbonyl (C=O) groups is 1. The van der Waals surface area contributed by atoms with Crippen LogP contribution in [0.15, 0.2) is 60.2 Å². The molecule has 4 aromatic rings. The van der Waals surface area contributed by atoms with Gasteiger partial charge in [0.05, 0.1) is 17.3 Å². The molecule has 0 aliphatic carbocycles. The maximum atomic E-state index is 13.9. The Morgan fingerprint density at radius 1 is 1.14 bits per heavy atom. The van der Waals surface area contributed by atoms with Gasteiger partial charge >= 0.3 is 0 Å². The van der Waals surface area contributed by atoms with Crippen molar-refractivity contribution in [1.82, 2.24) is 4.98 Å². The normalized spacial score (nSPS) is 11.2. The fourth-order valence-corrected chi connectivity index (χ4v) is 4.32. The maximum Gasteiger partial charge on any atom is 0.268 e. The highest BCUT2D eigenvalue weighted by molar-refractivity contribution is 7.22. The van der Waals surface area contributed by atoms with Gasteiger partial charge in [0, 0.05) is 5.56 Å². The Morgan fingerprint density at radius 3 is 2.66 bits per heavy atom. The zero-order valence-corrected chi connectivity index (χ0v) is 20.2. The number of aromatic nitrogens is 1. The third-order valence-corrected chi connectivity index (χ3v) is 6.36. The van der Waals surface area contributed by atoms with Crippen LogP contribution in [0.4, 0.5) is 9.52 Å². The van der Waals surface area contributed by atoms with E-state index in [0.29, 0.717) is 27.8 Å². The second kappa shape index (κ2) is 10.4. The summed E-state index contributed by atoms with van der Waals surface area (Å²) in [4.78, 5) is 17.2. The number of benzene rings is 3. The standard InChI is InChI=1S/C27H22FN3O3S/c1-16-10-22-25(11-17(16)2)35-27(30-22)31-26(32)20(14-29)12-18-8-9-23(24(13-18)33-3)34-15-19-6-4-5-7-21(19)28/h4-13H,15H2,1-3H3,(H,30,31,32). The molecule has 6 nitrogen and oxygen atoms in total. The number of rotatable bonds is 7. The molecule has 0 bridgehead atoms. The SMILES string of the molecule is COc1cc(C=C(C#N)C(=O)Nc2nc3cc(C)c(C)cc3s2)ccc1OCc1ccccc1F. The van der Waals surface area contributed by atoms with Gasteiger partial charge in [-0.1, -0.05) is 35.6 Å². The molecule has 0 unspecified atom stereocenters. The first-order chi connectivity index (χ1) is 16.9. The van der Waals surface area contributed by atoms with E-state index in [0.717, 1.165) is 21.3 Å². The Bertz CT molecular complexity index is 1450. The lowest BCUT2D eigenvalue weighted by Crippen LogP contribution is -2.13. The van der Waals surface area contributed by atoms with Crippen LogP contribution in [0.25, 0.3) is 16.3 Å². The van der Waals surface area contributed by atoms with Crippen molar-refractivity contribution in [3.8, 4) is 17.6 Å². The molecule has 4 rings (SSSR count). The van der Waals surface area contributed by atoms with Gasteiger partial charge in [-0.25, -0.2) is 9.37 Å². The summed E-state index contributed by atoms with van der Waals surface area (Å²) in [6, 6.07) is 17.3. The first kappa shape index (κ1) is 23.9. The van der Waals surface area contributed by atoms with Crippen LogP contribution in [0.5, 0.6) is 11.5 Å². The maximum absolute atomic E-state index is 13.9. The summed E-state index contributed by atoms with van der Waals surface area (Å²) in [6.07, 6.45) is 1.46. The van der Waals surface area contributed by atoms with Crippen LogP contribution in [0, 0.1) is 31.0 Å². The number of ether oxygens (including phenoxy) is 2. The van der Waals surface area contributed by atoms with E-state index in [2.05, 4.69) is 10.3 Å². The Kier molecular flexibility index (Phi) is 7.09. The highest BCUT2D eigenvalue weighted by Gasteiger charge is 2.14. The molecule has 0 radical (unpaired) electrons. The quantitative estimate of drug-likeness (QED) is 0.248. The van der Waals surface area contributed by atoms with Gasteiger partial charge in [-0.2, -0.15) is 5.26 Å². The smallest absolute Gasteiger partial charge is 0.268 e. The predicted molar refractivity (Wildman–Crippen MR) is 135 cm³/mol. The van der Waals surface area contributed by atoms with Crippen molar-refractivity contribution in [3.63, 3.8) is 0 Å². The van der Waals surface area contributed by atoms with Gasteiger partial charge in [0.15, 0.2) is 16.6 Å². The number of nitrogens with one attached hydrogen (secondary N) is 1. The Morgan fingerprint density at radius 2 is 1.91 bits per heavy atom. The second-order valence-corrected chi connectivity index (χ2v) is 8.87. The van der Waals surface area contributed by atoms with E-state index in [4.69, 9.17) is 9.47 Å². The molecule has 1 aromatic heterocycles. The lowest BCUT2D eigenvalue weighted by atomic mass is 10.1. The lowest BCUT2D eigenvalue weighted by molar-refractivity contribution is -0.112. The summed E-state index contributed by atoms with van der Waals surface area (Å²) in [5.74, 6) is -0.103. The average molecular weight is 488 g/mol. The van der Waals surface area contributed by atoms with Gasteiger partial charge in [-0.3, -0.25) is 10.1 Å². The van der Waals surface area contributed by atoms with Crippen LogP contribution in [-0.2, 0) is 11.4 Å².